The standard InChI is InChI=1S/C14H14FN3O2/c15-10-1-5-12(6-2-10)20-9-18-8-7-13(17-18)14(19)16-11-3-4-11/h1-2,5-8,11H,3-4,9H2,(H,16,19). The number of carbonyl (C=O) groups is 1. The largest absolute Gasteiger partial charge is 0.471 e. The van der Waals surface area contributed by atoms with Crippen molar-refractivity contribution in [2.24, 2.45) is 0 Å². The second-order valence-electron chi connectivity index (χ2n) is 4.72. The molecule has 1 fully saturated rings. The molecule has 1 N–H and O–H groups in total. The van der Waals surface area contributed by atoms with E-state index in [2.05, 4.69) is 10.4 Å². The summed E-state index contributed by atoms with van der Waals surface area (Å²) in [6.45, 7) is 0.169. The van der Waals surface area contributed by atoms with Crippen LogP contribution in [0.5, 0.6) is 5.75 Å². The Bertz CT molecular complexity index is 605. The van der Waals surface area contributed by atoms with Crippen LogP contribution in [0.1, 0.15) is 23.3 Å². The van der Waals surface area contributed by atoms with Gasteiger partial charge in [-0.2, -0.15) is 5.10 Å². The molecular weight excluding hydrogens is 261 g/mol. The maximum absolute atomic E-state index is 12.7. The molecule has 6 heteroatoms. The molecule has 5 nitrogen and oxygen atoms in total. The first-order chi connectivity index (χ1) is 9.70. The van der Waals surface area contributed by atoms with Crippen molar-refractivity contribution in [1.82, 2.24) is 15.1 Å². The van der Waals surface area contributed by atoms with E-state index in [4.69, 9.17) is 4.74 Å². The van der Waals surface area contributed by atoms with Crippen molar-refractivity contribution >= 4 is 5.91 Å². The van der Waals surface area contributed by atoms with E-state index in [9.17, 15) is 9.18 Å². The summed E-state index contributed by atoms with van der Waals surface area (Å²) in [6.07, 6.45) is 3.76. The minimum atomic E-state index is -0.310. The Morgan fingerprint density at radius 1 is 1.35 bits per heavy atom. The Balaban J connectivity index is 1.56. The molecule has 1 amide bonds. The average Bonchev–Trinajstić information content (AvgIpc) is 3.13. The highest BCUT2D eigenvalue weighted by atomic mass is 19.1. The lowest BCUT2D eigenvalue weighted by molar-refractivity contribution is 0.0944. The molecule has 0 unspecified atom stereocenters. The zero-order valence-electron chi connectivity index (χ0n) is 10.8. The number of nitrogens with zero attached hydrogens (tertiary/aromatic N) is 2. The molecule has 0 bridgehead atoms. The quantitative estimate of drug-likeness (QED) is 0.907. The SMILES string of the molecule is O=C(NC1CC1)c1ccn(COc2ccc(F)cc2)n1. The van der Waals surface area contributed by atoms with E-state index < -0.39 is 0 Å². The number of hydrogen-bond donors (Lipinski definition) is 1. The van der Waals surface area contributed by atoms with Crippen LogP contribution in [0.4, 0.5) is 4.39 Å². The van der Waals surface area contributed by atoms with Crippen LogP contribution < -0.4 is 10.1 Å². The predicted octanol–water partition coefficient (Wildman–Crippen LogP) is 1.95. The Hall–Kier alpha value is -2.37. The van der Waals surface area contributed by atoms with Gasteiger partial charge < -0.3 is 10.1 Å². The van der Waals surface area contributed by atoms with Crippen LogP contribution >= 0.6 is 0 Å². The van der Waals surface area contributed by atoms with Gasteiger partial charge in [0.15, 0.2) is 6.73 Å². The van der Waals surface area contributed by atoms with E-state index in [0.717, 1.165) is 12.8 Å². The number of hydrogen-bond acceptors (Lipinski definition) is 3. The molecule has 2 aromatic rings. The van der Waals surface area contributed by atoms with E-state index in [1.165, 1.54) is 16.8 Å². The van der Waals surface area contributed by atoms with Gasteiger partial charge in [0.2, 0.25) is 0 Å². The minimum Gasteiger partial charge on any atom is -0.471 e. The zero-order valence-corrected chi connectivity index (χ0v) is 10.8. The van der Waals surface area contributed by atoms with E-state index in [1.807, 2.05) is 0 Å². The van der Waals surface area contributed by atoms with Gasteiger partial charge in [-0.3, -0.25) is 4.79 Å². The second-order valence-corrected chi connectivity index (χ2v) is 4.72. The highest BCUT2D eigenvalue weighted by Crippen LogP contribution is 2.19. The highest BCUT2D eigenvalue weighted by molar-refractivity contribution is 5.92. The molecule has 1 aromatic carbocycles. The third-order valence-corrected chi connectivity index (χ3v) is 2.96. The molecular formula is C14H14FN3O2. The topological polar surface area (TPSA) is 56.2 Å². The van der Waals surface area contributed by atoms with Crippen molar-refractivity contribution in [3.63, 3.8) is 0 Å². The lowest BCUT2D eigenvalue weighted by Crippen LogP contribution is -2.26. The summed E-state index contributed by atoms with van der Waals surface area (Å²) in [7, 11) is 0. The number of halogens is 1. The van der Waals surface area contributed by atoms with Gasteiger partial charge in [0.1, 0.15) is 17.3 Å². The summed E-state index contributed by atoms with van der Waals surface area (Å²) in [5.74, 6) is 0.0781. The molecule has 3 rings (SSSR count). The molecule has 0 atom stereocenters. The van der Waals surface area contributed by atoms with Crippen LogP contribution in [-0.2, 0) is 6.73 Å². The molecule has 0 saturated heterocycles. The van der Waals surface area contributed by atoms with Crippen LogP contribution in [0, 0.1) is 5.82 Å². The van der Waals surface area contributed by atoms with Crippen LogP contribution in [0.25, 0.3) is 0 Å². The Labute approximate surface area is 115 Å². The van der Waals surface area contributed by atoms with E-state index >= 15 is 0 Å². The van der Waals surface area contributed by atoms with Crippen molar-refractivity contribution in [1.29, 1.82) is 0 Å². The van der Waals surface area contributed by atoms with Crippen molar-refractivity contribution < 1.29 is 13.9 Å². The summed E-state index contributed by atoms with van der Waals surface area (Å²) in [5.41, 5.74) is 0.375. The minimum absolute atomic E-state index is 0.159. The third-order valence-electron chi connectivity index (χ3n) is 2.96. The summed E-state index contributed by atoms with van der Waals surface area (Å²) in [5, 5.41) is 7.00. The fourth-order valence-corrected chi connectivity index (χ4v) is 1.71. The van der Waals surface area contributed by atoms with E-state index in [0.29, 0.717) is 17.5 Å². The molecule has 20 heavy (non-hydrogen) atoms. The van der Waals surface area contributed by atoms with Crippen LogP contribution in [0.2, 0.25) is 0 Å². The van der Waals surface area contributed by atoms with E-state index in [1.54, 1.807) is 24.4 Å². The summed E-state index contributed by atoms with van der Waals surface area (Å²) < 4.78 is 19.7. The van der Waals surface area contributed by atoms with Gasteiger partial charge >= 0.3 is 0 Å². The second kappa shape index (κ2) is 5.32. The van der Waals surface area contributed by atoms with Crippen molar-refractivity contribution in [3.05, 3.63) is 48.0 Å². The van der Waals surface area contributed by atoms with Gasteiger partial charge in [0.25, 0.3) is 5.91 Å². The zero-order chi connectivity index (χ0) is 13.9. The van der Waals surface area contributed by atoms with Gasteiger partial charge in [-0.25, -0.2) is 9.07 Å². The molecule has 0 aliphatic heterocycles. The lowest BCUT2D eigenvalue weighted by Gasteiger charge is -2.05. The summed E-state index contributed by atoms with van der Waals surface area (Å²) in [6, 6.07) is 7.69. The number of benzene rings is 1. The number of amides is 1. The number of nitrogens with one attached hydrogen (secondary N) is 1. The highest BCUT2D eigenvalue weighted by Gasteiger charge is 2.24. The number of carbonyl (C=O) groups excluding carboxylic acids is 1. The van der Waals surface area contributed by atoms with Crippen LogP contribution in [0.15, 0.2) is 36.5 Å². The maximum Gasteiger partial charge on any atom is 0.271 e. The molecule has 104 valence electrons. The Morgan fingerprint density at radius 2 is 2.10 bits per heavy atom. The van der Waals surface area contributed by atoms with Crippen molar-refractivity contribution in [3.8, 4) is 5.75 Å². The first-order valence-corrected chi connectivity index (χ1v) is 6.43. The summed E-state index contributed by atoms with van der Waals surface area (Å²) in [4.78, 5) is 11.8. The molecule has 0 spiro atoms. The van der Waals surface area contributed by atoms with Gasteiger partial charge in [-0.1, -0.05) is 0 Å². The molecule has 1 aliphatic rings. The number of ether oxygens (including phenoxy) is 1. The molecule has 1 aromatic heterocycles. The normalized spacial score (nSPS) is 14.1. The van der Waals surface area contributed by atoms with Crippen LogP contribution in [0.3, 0.4) is 0 Å². The average molecular weight is 275 g/mol. The number of rotatable bonds is 5. The lowest BCUT2D eigenvalue weighted by atomic mass is 10.3. The van der Waals surface area contributed by atoms with Gasteiger partial charge in [0, 0.05) is 12.2 Å². The molecule has 1 aliphatic carbocycles. The fraction of sp³-hybridized carbons (Fsp3) is 0.286. The van der Waals surface area contributed by atoms with Gasteiger partial charge in [-0.05, 0) is 43.2 Å². The molecule has 1 heterocycles. The first-order valence-electron chi connectivity index (χ1n) is 6.43. The third kappa shape index (κ3) is 3.14. The van der Waals surface area contributed by atoms with Crippen molar-refractivity contribution in [2.75, 3.05) is 0 Å². The van der Waals surface area contributed by atoms with Crippen LogP contribution in [-0.4, -0.2) is 21.7 Å². The van der Waals surface area contributed by atoms with Gasteiger partial charge in [0.05, 0.1) is 0 Å². The first kappa shape index (κ1) is 12.7. The Morgan fingerprint density at radius 3 is 2.80 bits per heavy atom. The number of aromatic nitrogens is 2. The molecule has 0 radical (unpaired) electrons. The molecule has 1 saturated carbocycles. The monoisotopic (exact) mass is 275 g/mol. The van der Waals surface area contributed by atoms with Gasteiger partial charge in [-0.15, -0.1) is 0 Å². The summed E-state index contributed by atoms with van der Waals surface area (Å²) >= 11 is 0. The van der Waals surface area contributed by atoms with E-state index in [-0.39, 0.29) is 18.5 Å². The Kier molecular flexibility index (Phi) is 3.37. The fourth-order valence-electron chi connectivity index (χ4n) is 1.71. The predicted molar refractivity (Wildman–Crippen MR) is 69.7 cm³/mol. The maximum atomic E-state index is 12.7. The van der Waals surface area contributed by atoms with Crippen molar-refractivity contribution in [2.45, 2.75) is 25.6 Å². The smallest absolute Gasteiger partial charge is 0.271 e.